The van der Waals surface area contributed by atoms with Crippen molar-refractivity contribution in [1.29, 1.82) is 0 Å². The molecule has 0 heterocycles. The SMILES string of the molecule is CCCCC/C=C\C/C=C\C(CCCCCCCCC(=O)O)OC(C)=O. The summed E-state index contributed by atoms with van der Waals surface area (Å²) in [5.74, 6) is -0.944. The summed E-state index contributed by atoms with van der Waals surface area (Å²) in [6.45, 7) is 3.66. The Morgan fingerprint density at radius 2 is 1.62 bits per heavy atom. The van der Waals surface area contributed by atoms with Gasteiger partial charge in [-0.1, -0.05) is 63.7 Å². The first-order valence-corrected chi connectivity index (χ1v) is 10.3. The molecule has 0 aromatic heterocycles. The van der Waals surface area contributed by atoms with Crippen LogP contribution in [0.1, 0.15) is 97.3 Å². The predicted molar refractivity (Wildman–Crippen MR) is 107 cm³/mol. The van der Waals surface area contributed by atoms with E-state index in [4.69, 9.17) is 9.84 Å². The monoisotopic (exact) mass is 366 g/mol. The Bertz CT molecular complexity index is 412. The lowest BCUT2D eigenvalue weighted by atomic mass is 10.1. The van der Waals surface area contributed by atoms with Crippen molar-refractivity contribution in [1.82, 2.24) is 0 Å². The highest BCUT2D eigenvalue weighted by Gasteiger charge is 2.07. The fraction of sp³-hybridized carbons (Fsp3) is 0.727. The Balaban J connectivity index is 3.85. The van der Waals surface area contributed by atoms with Crippen LogP contribution in [0, 0.1) is 0 Å². The molecule has 0 aromatic rings. The van der Waals surface area contributed by atoms with E-state index < -0.39 is 5.97 Å². The highest BCUT2D eigenvalue weighted by molar-refractivity contribution is 5.66. The lowest BCUT2D eigenvalue weighted by molar-refractivity contribution is -0.144. The Morgan fingerprint density at radius 3 is 2.27 bits per heavy atom. The minimum Gasteiger partial charge on any atom is -0.481 e. The van der Waals surface area contributed by atoms with Crippen molar-refractivity contribution in [2.24, 2.45) is 0 Å². The third kappa shape index (κ3) is 18.8. The molecule has 150 valence electrons. The summed E-state index contributed by atoms with van der Waals surface area (Å²) in [5.41, 5.74) is 0. The summed E-state index contributed by atoms with van der Waals surface area (Å²) in [6, 6.07) is 0. The first-order valence-electron chi connectivity index (χ1n) is 10.3. The molecule has 0 saturated heterocycles. The predicted octanol–water partition coefficient (Wildman–Crippen LogP) is 6.21. The Kier molecular flexibility index (Phi) is 17.1. The van der Waals surface area contributed by atoms with Crippen LogP contribution in [0.25, 0.3) is 0 Å². The third-order valence-corrected chi connectivity index (χ3v) is 4.21. The average Bonchev–Trinajstić information content (AvgIpc) is 2.58. The average molecular weight is 367 g/mol. The number of allylic oxidation sites excluding steroid dienone is 3. The molecule has 0 fully saturated rings. The quantitative estimate of drug-likeness (QED) is 0.189. The molecule has 0 aliphatic carbocycles. The van der Waals surface area contributed by atoms with E-state index >= 15 is 0 Å². The zero-order chi connectivity index (χ0) is 19.5. The number of aliphatic carboxylic acids is 1. The van der Waals surface area contributed by atoms with Crippen LogP contribution < -0.4 is 0 Å². The summed E-state index contributed by atoms with van der Waals surface area (Å²) in [5, 5.41) is 8.59. The molecule has 0 spiro atoms. The normalized spacial score (nSPS) is 12.7. The zero-order valence-electron chi connectivity index (χ0n) is 16.8. The molecular formula is C22H38O4. The fourth-order valence-electron chi connectivity index (χ4n) is 2.77. The molecule has 0 aliphatic rings. The van der Waals surface area contributed by atoms with Crippen molar-refractivity contribution < 1.29 is 19.4 Å². The highest BCUT2D eigenvalue weighted by Crippen LogP contribution is 2.13. The molecule has 0 aromatic carbocycles. The number of ether oxygens (including phenoxy) is 1. The number of hydrogen-bond donors (Lipinski definition) is 1. The largest absolute Gasteiger partial charge is 0.481 e. The number of hydrogen-bond acceptors (Lipinski definition) is 3. The number of rotatable bonds is 17. The van der Waals surface area contributed by atoms with Gasteiger partial charge in [0.1, 0.15) is 6.10 Å². The van der Waals surface area contributed by atoms with Crippen molar-refractivity contribution in [2.75, 3.05) is 0 Å². The van der Waals surface area contributed by atoms with Crippen LogP contribution in [0.2, 0.25) is 0 Å². The lowest BCUT2D eigenvalue weighted by Crippen LogP contribution is -2.13. The van der Waals surface area contributed by atoms with Crippen molar-refractivity contribution in [2.45, 2.75) is 103 Å². The molecule has 0 aliphatic heterocycles. The zero-order valence-corrected chi connectivity index (χ0v) is 16.8. The van der Waals surface area contributed by atoms with Crippen LogP contribution in [-0.2, 0) is 14.3 Å². The maximum atomic E-state index is 11.2. The van der Waals surface area contributed by atoms with E-state index in [0.29, 0.717) is 0 Å². The van der Waals surface area contributed by atoms with Crippen LogP contribution in [0.15, 0.2) is 24.3 Å². The standard InChI is InChI=1S/C22H38O4/c1-3-4-5-6-7-8-11-14-17-21(26-20(2)23)18-15-12-9-10-13-16-19-22(24)25/h7-8,14,17,21H,3-6,9-13,15-16,18-19H2,1-2H3,(H,24,25)/b8-7-,17-14-. The molecule has 4 nitrogen and oxygen atoms in total. The van der Waals surface area contributed by atoms with E-state index in [1.54, 1.807) is 0 Å². The molecule has 0 bridgehead atoms. The molecular weight excluding hydrogens is 328 g/mol. The number of esters is 1. The van der Waals surface area contributed by atoms with Gasteiger partial charge in [0.15, 0.2) is 0 Å². The second kappa shape index (κ2) is 18.2. The molecule has 0 amide bonds. The van der Waals surface area contributed by atoms with Gasteiger partial charge in [0.2, 0.25) is 0 Å². The molecule has 1 unspecified atom stereocenters. The van der Waals surface area contributed by atoms with Gasteiger partial charge in [-0.15, -0.1) is 0 Å². The first-order chi connectivity index (χ1) is 12.6. The molecule has 26 heavy (non-hydrogen) atoms. The molecule has 4 heteroatoms. The van der Waals surface area contributed by atoms with Gasteiger partial charge >= 0.3 is 11.9 Å². The number of carbonyl (C=O) groups is 2. The molecule has 0 saturated carbocycles. The lowest BCUT2D eigenvalue weighted by Gasteiger charge is -2.13. The summed E-state index contributed by atoms with van der Waals surface area (Å²) in [6.07, 6.45) is 21.3. The van der Waals surface area contributed by atoms with Gasteiger partial charge < -0.3 is 9.84 Å². The van der Waals surface area contributed by atoms with Crippen molar-refractivity contribution in [3.63, 3.8) is 0 Å². The van der Waals surface area contributed by atoms with E-state index in [1.165, 1.54) is 26.2 Å². The van der Waals surface area contributed by atoms with Gasteiger partial charge in [0, 0.05) is 13.3 Å². The van der Waals surface area contributed by atoms with Crippen molar-refractivity contribution in [3.8, 4) is 0 Å². The van der Waals surface area contributed by atoms with E-state index in [9.17, 15) is 9.59 Å². The van der Waals surface area contributed by atoms with Gasteiger partial charge in [0.25, 0.3) is 0 Å². The molecule has 1 N–H and O–H groups in total. The second-order valence-electron chi connectivity index (χ2n) is 6.83. The minimum absolute atomic E-state index is 0.131. The second-order valence-corrected chi connectivity index (χ2v) is 6.83. The Morgan fingerprint density at radius 1 is 0.923 bits per heavy atom. The molecule has 1 atom stereocenters. The fourth-order valence-corrected chi connectivity index (χ4v) is 2.77. The minimum atomic E-state index is -0.711. The van der Waals surface area contributed by atoms with Gasteiger partial charge in [0.05, 0.1) is 0 Å². The van der Waals surface area contributed by atoms with Crippen LogP contribution in [-0.4, -0.2) is 23.1 Å². The number of carbonyl (C=O) groups excluding carboxylic acids is 1. The van der Waals surface area contributed by atoms with E-state index in [2.05, 4.69) is 25.2 Å². The maximum Gasteiger partial charge on any atom is 0.303 e. The Hall–Kier alpha value is -1.58. The van der Waals surface area contributed by atoms with Crippen molar-refractivity contribution >= 4 is 11.9 Å². The molecule has 0 radical (unpaired) electrons. The van der Waals surface area contributed by atoms with Crippen LogP contribution in [0.5, 0.6) is 0 Å². The third-order valence-electron chi connectivity index (χ3n) is 4.21. The van der Waals surface area contributed by atoms with Gasteiger partial charge in [-0.05, 0) is 44.6 Å². The summed E-state index contributed by atoms with van der Waals surface area (Å²) in [4.78, 5) is 21.7. The summed E-state index contributed by atoms with van der Waals surface area (Å²) < 4.78 is 5.37. The summed E-state index contributed by atoms with van der Waals surface area (Å²) >= 11 is 0. The van der Waals surface area contributed by atoms with E-state index in [-0.39, 0.29) is 18.5 Å². The topological polar surface area (TPSA) is 63.6 Å². The van der Waals surface area contributed by atoms with Crippen LogP contribution >= 0.6 is 0 Å². The van der Waals surface area contributed by atoms with Crippen LogP contribution in [0.4, 0.5) is 0 Å². The number of carboxylic acids is 1. The molecule has 0 rings (SSSR count). The number of unbranched alkanes of at least 4 members (excludes halogenated alkanes) is 8. The number of carboxylic acid groups (broad SMARTS) is 1. The maximum absolute atomic E-state index is 11.2. The van der Waals surface area contributed by atoms with Crippen LogP contribution in [0.3, 0.4) is 0 Å². The van der Waals surface area contributed by atoms with E-state index in [0.717, 1.165) is 57.8 Å². The first kappa shape index (κ1) is 24.4. The van der Waals surface area contributed by atoms with E-state index in [1.807, 2.05) is 6.08 Å². The smallest absolute Gasteiger partial charge is 0.303 e. The van der Waals surface area contributed by atoms with Gasteiger partial charge in [-0.3, -0.25) is 9.59 Å². The highest BCUT2D eigenvalue weighted by atomic mass is 16.5. The van der Waals surface area contributed by atoms with Gasteiger partial charge in [-0.25, -0.2) is 0 Å². The van der Waals surface area contributed by atoms with Crippen molar-refractivity contribution in [3.05, 3.63) is 24.3 Å². The Labute approximate surface area is 159 Å². The van der Waals surface area contributed by atoms with Gasteiger partial charge in [-0.2, -0.15) is 0 Å². The summed E-state index contributed by atoms with van der Waals surface area (Å²) in [7, 11) is 0.